The Hall–Kier alpha value is -4.22. The molecular weight excluding hydrogens is 589 g/mol. The standard InChI is InChI=1S/C29H29F3N4O6S/c1-17-9-10-36(25(11-17)28(39)40)27(38)24(13-18-3-2-4-19(12-18)15-33)35-43(41,42)22-7-8-23-20(14-22)5-6-21(16-34-23)26(37)29(30,31)32/h2-4,7-9,12,14,21,24-25,34-35H,5-6,10-11,13,16H2,1H3,(H,39,40)/t21?,24-,25+/m0/s1. The average molecular weight is 619 g/mol. The molecule has 0 saturated heterocycles. The normalized spacial score (nSPS) is 19.6. The van der Waals surface area contributed by atoms with E-state index in [4.69, 9.17) is 0 Å². The van der Waals surface area contributed by atoms with E-state index < -0.39 is 51.9 Å². The zero-order valence-corrected chi connectivity index (χ0v) is 23.8. The number of carbonyl (C=O) groups excluding carboxylic acids is 2. The molecule has 2 aliphatic heterocycles. The summed E-state index contributed by atoms with van der Waals surface area (Å²) in [4.78, 5) is 38.3. The Bertz CT molecular complexity index is 1620. The Kier molecular flexibility index (Phi) is 9.26. The van der Waals surface area contributed by atoms with Crippen molar-refractivity contribution in [1.29, 1.82) is 5.26 Å². The number of Topliss-reactive ketones (excluding diaryl/α,β-unsaturated/α-hetero) is 1. The van der Waals surface area contributed by atoms with Crippen molar-refractivity contribution >= 4 is 33.4 Å². The number of hydrogen-bond acceptors (Lipinski definition) is 7. The molecule has 2 aromatic carbocycles. The highest BCUT2D eigenvalue weighted by molar-refractivity contribution is 7.89. The second kappa shape index (κ2) is 12.6. The molecule has 0 aliphatic carbocycles. The van der Waals surface area contributed by atoms with Crippen LogP contribution in [0, 0.1) is 17.2 Å². The van der Waals surface area contributed by atoms with E-state index in [1.54, 1.807) is 31.2 Å². The first-order valence-electron chi connectivity index (χ1n) is 13.4. The van der Waals surface area contributed by atoms with Crippen molar-refractivity contribution in [1.82, 2.24) is 9.62 Å². The number of nitrogens with one attached hydrogen (secondary N) is 2. The van der Waals surface area contributed by atoms with Crippen LogP contribution in [0.3, 0.4) is 0 Å². The Balaban J connectivity index is 1.63. The van der Waals surface area contributed by atoms with Crippen LogP contribution < -0.4 is 10.0 Å². The van der Waals surface area contributed by atoms with Crippen LogP contribution in [0.2, 0.25) is 0 Å². The van der Waals surface area contributed by atoms with Gasteiger partial charge in [-0.15, -0.1) is 0 Å². The Morgan fingerprint density at radius 1 is 1.21 bits per heavy atom. The molecule has 2 aromatic rings. The molecule has 0 spiro atoms. The van der Waals surface area contributed by atoms with E-state index in [2.05, 4.69) is 10.0 Å². The summed E-state index contributed by atoms with van der Waals surface area (Å²) in [7, 11) is -4.43. The van der Waals surface area contributed by atoms with Gasteiger partial charge in [0.2, 0.25) is 21.7 Å². The highest BCUT2D eigenvalue weighted by Gasteiger charge is 2.43. The van der Waals surface area contributed by atoms with Crippen molar-refractivity contribution in [2.75, 3.05) is 18.4 Å². The van der Waals surface area contributed by atoms with Crippen LogP contribution in [0.1, 0.15) is 36.5 Å². The molecule has 10 nitrogen and oxygen atoms in total. The summed E-state index contributed by atoms with van der Waals surface area (Å²) in [6, 6.07) is 9.43. The molecule has 14 heteroatoms. The molecule has 0 bridgehead atoms. The predicted molar refractivity (Wildman–Crippen MR) is 148 cm³/mol. The number of carboxylic acid groups (broad SMARTS) is 1. The summed E-state index contributed by atoms with van der Waals surface area (Å²) in [6.45, 7) is 1.43. The number of sulfonamides is 1. The van der Waals surface area contributed by atoms with Gasteiger partial charge in [-0.1, -0.05) is 23.8 Å². The van der Waals surface area contributed by atoms with E-state index in [0.717, 1.165) is 10.5 Å². The molecule has 3 N–H and O–H groups in total. The maximum atomic E-state index is 13.8. The molecule has 43 heavy (non-hydrogen) atoms. The summed E-state index contributed by atoms with van der Waals surface area (Å²) >= 11 is 0. The number of alkyl halides is 3. The highest BCUT2D eigenvalue weighted by Crippen LogP contribution is 2.31. The van der Waals surface area contributed by atoms with Gasteiger partial charge in [-0.05, 0) is 74.1 Å². The number of nitriles is 1. The lowest BCUT2D eigenvalue weighted by molar-refractivity contribution is -0.175. The average Bonchev–Trinajstić information content (AvgIpc) is 3.17. The number of carbonyl (C=O) groups is 3. The van der Waals surface area contributed by atoms with E-state index in [0.29, 0.717) is 16.8 Å². The maximum absolute atomic E-state index is 13.8. The summed E-state index contributed by atoms with van der Waals surface area (Å²) in [5, 5.41) is 21.8. The van der Waals surface area contributed by atoms with Crippen molar-refractivity contribution in [2.24, 2.45) is 5.92 Å². The van der Waals surface area contributed by atoms with E-state index in [9.17, 15) is 46.3 Å². The summed E-state index contributed by atoms with van der Waals surface area (Å²) in [5.41, 5.74) is 2.28. The number of carboxylic acids is 1. The molecule has 0 radical (unpaired) electrons. The van der Waals surface area contributed by atoms with Gasteiger partial charge < -0.3 is 15.3 Å². The number of hydrogen-bond donors (Lipinski definition) is 3. The van der Waals surface area contributed by atoms with Crippen LogP contribution in [0.4, 0.5) is 18.9 Å². The zero-order valence-electron chi connectivity index (χ0n) is 23.0. The lowest BCUT2D eigenvalue weighted by Gasteiger charge is -2.34. The number of halogens is 3. The third kappa shape index (κ3) is 7.41. The smallest absolute Gasteiger partial charge is 0.450 e. The molecule has 2 heterocycles. The van der Waals surface area contributed by atoms with Gasteiger partial charge in [0.05, 0.1) is 16.5 Å². The molecule has 1 unspecified atom stereocenters. The van der Waals surface area contributed by atoms with Crippen LogP contribution in [0.15, 0.2) is 59.0 Å². The molecule has 0 fully saturated rings. The molecule has 4 rings (SSSR count). The number of amides is 1. The SMILES string of the molecule is CC1=CCN(C(=O)[C@H](Cc2cccc(C#N)c2)NS(=O)(=O)c2ccc3c(c2)CCC(C(=O)C(F)(F)F)CN3)[C@@H](C(=O)O)C1. The number of ketones is 1. The Labute approximate surface area is 246 Å². The van der Waals surface area contributed by atoms with Crippen molar-refractivity contribution in [3.05, 3.63) is 70.8 Å². The van der Waals surface area contributed by atoms with Crippen molar-refractivity contribution in [3.63, 3.8) is 0 Å². The second-order valence-corrected chi connectivity index (χ2v) is 12.3. The number of rotatable bonds is 8. The summed E-state index contributed by atoms with van der Waals surface area (Å²) in [5.74, 6) is -5.20. The second-order valence-electron chi connectivity index (χ2n) is 10.6. The molecule has 1 amide bonds. The third-order valence-electron chi connectivity index (χ3n) is 7.53. The number of aryl methyl sites for hydroxylation is 1. The van der Waals surface area contributed by atoms with E-state index in [1.165, 1.54) is 24.3 Å². The minimum atomic E-state index is -4.99. The van der Waals surface area contributed by atoms with Crippen LogP contribution in [0.5, 0.6) is 0 Å². The first-order chi connectivity index (χ1) is 20.2. The van der Waals surface area contributed by atoms with E-state index >= 15 is 0 Å². The quantitative estimate of drug-likeness (QED) is 0.381. The third-order valence-corrected chi connectivity index (χ3v) is 9.00. The lowest BCUT2D eigenvalue weighted by Crippen LogP contribution is -2.55. The lowest BCUT2D eigenvalue weighted by atomic mass is 9.96. The number of anilines is 1. The van der Waals surface area contributed by atoms with Gasteiger partial charge in [0, 0.05) is 24.7 Å². The number of benzene rings is 2. The van der Waals surface area contributed by atoms with Crippen molar-refractivity contribution < 1.29 is 41.1 Å². The molecule has 0 saturated carbocycles. The zero-order chi connectivity index (χ0) is 31.5. The minimum Gasteiger partial charge on any atom is -0.480 e. The monoisotopic (exact) mass is 618 g/mol. The Morgan fingerprint density at radius 2 is 1.95 bits per heavy atom. The number of fused-ring (bicyclic) bond motifs is 1. The topological polar surface area (TPSA) is 157 Å². The summed E-state index contributed by atoms with van der Waals surface area (Å²) < 4.78 is 68.5. The van der Waals surface area contributed by atoms with E-state index in [-0.39, 0.29) is 49.2 Å². The fourth-order valence-electron chi connectivity index (χ4n) is 5.22. The molecule has 0 aromatic heterocycles. The summed E-state index contributed by atoms with van der Waals surface area (Å²) in [6.07, 6.45) is -3.56. The van der Waals surface area contributed by atoms with Gasteiger partial charge >= 0.3 is 12.1 Å². The number of nitrogens with zero attached hydrogens (tertiary/aromatic N) is 2. The van der Waals surface area contributed by atoms with Gasteiger partial charge in [-0.3, -0.25) is 9.59 Å². The molecule has 3 atom stereocenters. The minimum absolute atomic E-state index is 0.00124. The van der Waals surface area contributed by atoms with E-state index in [1.807, 2.05) is 6.07 Å². The molecule has 228 valence electrons. The Morgan fingerprint density at radius 3 is 2.63 bits per heavy atom. The van der Waals surface area contributed by atoms with Gasteiger partial charge in [0.25, 0.3) is 0 Å². The maximum Gasteiger partial charge on any atom is 0.450 e. The van der Waals surface area contributed by atoms with Gasteiger partial charge in [-0.2, -0.15) is 23.2 Å². The van der Waals surface area contributed by atoms with Crippen LogP contribution in [0.25, 0.3) is 0 Å². The van der Waals surface area contributed by atoms with Gasteiger partial charge in [0.15, 0.2) is 0 Å². The fourth-order valence-corrected chi connectivity index (χ4v) is 6.46. The largest absolute Gasteiger partial charge is 0.480 e. The first kappa shape index (κ1) is 31.7. The number of aliphatic carboxylic acids is 1. The van der Waals surface area contributed by atoms with Gasteiger partial charge in [0.1, 0.15) is 12.1 Å². The van der Waals surface area contributed by atoms with Crippen LogP contribution in [-0.4, -0.2) is 67.4 Å². The van der Waals surface area contributed by atoms with Crippen LogP contribution in [-0.2, 0) is 37.2 Å². The van der Waals surface area contributed by atoms with Gasteiger partial charge in [-0.25, -0.2) is 13.2 Å². The fraction of sp³-hybridized carbons (Fsp3) is 0.379. The highest BCUT2D eigenvalue weighted by atomic mass is 32.2. The van der Waals surface area contributed by atoms with Crippen molar-refractivity contribution in [2.45, 2.75) is 55.8 Å². The molecular formula is C29H29F3N4O6S. The predicted octanol–water partition coefficient (Wildman–Crippen LogP) is 3.19. The molecule has 2 aliphatic rings. The first-order valence-corrected chi connectivity index (χ1v) is 14.9. The van der Waals surface area contributed by atoms with Crippen molar-refractivity contribution in [3.8, 4) is 6.07 Å². The van der Waals surface area contributed by atoms with Crippen LogP contribution >= 0.6 is 0 Å².